The molecule has 0 spiro atoms. The number of anilines is 1. The SMILES string of the molecule is CCCCNC(=O)C1CC1C(=O)Nc1ccc(Br)cc1C. The van der Waals surface area contributed by atoms with Crippen LogP contribution in [0.15, 0.2) is 22.7 Å². The third-order valence-electron chi connectivity index (χ3n) is 3.74. The lowest BCUT2D eigenvalue weighted by Gasteiger charge is -2.09. The number of hydrogen-bond donors (Lipinski definition) is 2. The van der Waals surface area contributed by atoms with Crippen LogP contribution < -0.4 is 10.6 Å². The van der Waals surface area contributed by atoms with Crippen molar-refractivity contribution in [2.45, 2.75) is 33.1 Å². The Balaban J connectivity index is 1.84. The molecule has 2 amide bonds. The van der Waals surface area contributed by atoms with E-state index in [9.17, 15) is 9.59 Å². The second kappa shape index (κ2) is 7.07. The van der Waals surface area contributed by atoms with E-state index < -0.39 is 0 Å². The summed E-state index contributed by atoms with van der Waals surface area (Å²) >= 11 is 3.40. The molecule has 0 radical (unpaired) electrons. The molecule has 2 rings (SSSR count). The van der Waals surface area contributed by atoms with E-state index in [1.165, 1.54) is 0 Å². The summed E-state index contributed by atoms with van der Waals surface area (Å²) in [5.41, 5.74) is 1.81. The molecule has 2 unspecified atom stereocenters. The van der Waals surface area contributed by atoms with Crippen molar-refractivity contribution in [1.29, 1.82) is 0 Å². The molecule has 0 saturated heterocycles. The maximum atomic E-state index is 12.2. The normalized spacial score (nSPS) is 20.0. The number of carbonyl (C=O) groups is 2. The molecular weight excluding hydrogens is 332 g/mol. The van der Waals surface area contributed by atoms with Gasteiger partial charge in [-0.3, -0.25) is 9.59 Å². The average Bonchev–Trinajstić information content (AvgIpc) is 3.22. The van der Waals surface area contributed by atoms with Crippen molar-refractivity contribution in [3.8, 4) is 0 Å². The second-order valence-electron chi connectivity index (χ2n) is 5.54. The van der Waals surface area contributed by atoms with E-state index in [1.807, 2.05) is 25.1 Å². The van der Waals surface area contributed by atoms with Crippen molar-refractivity contribution < 1.29 is 9.59 Å². The summed E-state index contributed by atoms with van der Waals surface area (Å²) in [6.45, 7) is 4.73. The zero-order chi connectivity index (χ0) is 15.4. The van der Waals surface area contributed by atoms with Crippen LogP contribution >= 0.6 is 15.9 Å². The first-order valence-electron chi connectivity index (χ1n) is 7.37. The molecule has 2 atom stereocenters. The van der Waals surface area contributed by atoms with E-state index in [4.69, 9.17) is 0 Å². The Morgan fingerprint density at radius 3 is 2.67 bits per heavy atom. The molecular formula is C16H21BrN2O2. The van der Waals surface area contributed by atoms with Crippen LogP contribution in [-0.4, -0.2) is 18.4 Å². The number of aryl methyl sites for hydroxylation is 1. The van der Waals surface area contributed by atoms with Crippen molar-refractivity contribution in [1.82, 2.24) is 5.32 Å². The fourth-order valence-corrected chi connectivity index (χ4v) is 2.76. The molecule has 1 aromatic carbocycles. The Hall–Kier alpha value is -1.36. The lowest BCUT2D eigenvalue weighted by Crippen LogP contribution is -2.28. The first-order valence-corrected chi connectivity index (χ1v) is 8.17. The van der Waals surface area contributed by atoms with Gasteiger partial charge >= 0.3 is 0 Å². The Morgan fingerprint density at radius 1 is 1.29 bits per heavy atom. The smallest absolute Gasteiger partial charge is 0.228 e. The molecule has 0 heterocycles. The van der Waals surface area contributed by atoms with Gasteiger partial charge < -0.3 is 10.6 Å². The van der Waals surface area contributed by atoms with E-state index in [0.29, 0.717) is 13.0 Å². The topological polar surface area (TPSA) is 58.2 Å². The number of nitrogens with one attached hydrogen (secondary N) is 2. The molecule has 1 saturated carbocycles. The predicted molar refractivity (Wildman–Crippen MR) is 87.0 cm³/mol. The Bertz CT molecular complexity index is 545. The summed E-state index contributed by atoms with van der Waals surface area (Å²) in [4.78, 5) is 24.0. The minimum atomic E-state index is -0.185. The molecule has 1 aliphatic carbocycles. The highest BCUT2D eigenvalue weighted by Gasteiger charge is 2.47. The molecule has 1 aliphatic rings. The highest BCUT2D eigenvalue weighted by molar-refractivity contribution is 9.10. The van der Waals surface area contributed by atoms with Gasteiger partial charge in [-0.2, -0.15) is 0 Å². The third-order valence-corrected chi connectivity index (χ3v) is 4.23. The molecule has 1 aromatic rings. The van der Waals surface area contributed by atoms with E-state index in [-0.39, 0.29) is 23.7 Å². The molecule has 0 aliphatic heterocycles. The van der Waals surface area contributed by atoms with Crippen LogP contribution in [0.4, 0.5) is 5.69 Å². The maximum absolute atomic E-state index is 12.2. The van der Waals surface area contributed by atoms with Gasteiger partial charge in [-0.1, -0.05) is 29.3 Å². The number of hydrogen-bond acceptors (Lipinski definition) is 2. The maximum Gasteiger partial charge on any atom is 0.228 e. The zero-order valence-electron chi connectivity index (χ0n) is 12.4. The minimum Gasteiger partial charge on any atom is -0.356 e. The Morgan fingerprint density at radius 2 is 2.00 bits per heavy atom. The molecule has 4 nitrogen and oxygen atoms in total. The summed E-state index contributed by atoms with van der Waals surface area (Å²) in [6, 6.07) is 5.72. The van der Waals surface area contributed by atoms with Crippen molar-refractivity contribution in [3.05, 3.63) is 28.2 Å². The molecule has 5 heteroatoms. The Labute approximate surface area is 133 Å². The number of rotatable bonds is 6. The van der Waals surface area contributed by atoms with Gasteiger partial charge in [0, 0.05) is 16.7 Å². The van der Waals surface area contributed by atoms with Gasteiger partial charge in [0.1, 0.15) is 0 Å². The van der Waals surface area contributed by atoms with E-state index in [1.54, 1.807) is 0 Å². The van der Waals surface area contributed by atoms with Crippen LogP contribution in [0.2, 0.25) is 0 Å². The summed E-state index contributed by atoms with van der Waals surface area (Å²) in [7, 11) is 0. The number of carbonyl (C=O) groups excluding carboxylic acids is 2. The summed E-state index contributed by atoms with van der Waals surface area (Å²) in [6.07, 6.45) is 2.69. The third kappa shape index (κ3) is 4.30. The van der Waals surface area contributed by atoms with Crippen LogP contribution in [0.5, 0.6) is 0 Å². The lowest BCUT2D eigenvalue weighted by molar-refractivity contribution is -0.125. The summed E-state index contributed by atoms with van der Waals surface area (Å²) in [5, 5.41) is 5.80. The van der Waals surface area contributed by atoms with Gasteiger partial charge in [0.2, 0.25) is 11.8 Å². The van der Waals surface area contributed by atoms with Crippen LogP contribution in [0.25, 0.3) is 0 Å². The molecule has 21 heavy (non-hydrogen) atoms. The molecule has 1 fully saturated rings. The fourth-order valence-electron chi connectivity index (χ4n) is 2.29. The van der Waals surface area contributed by atoms with Gasteiger partial charge in [-0.25, -0.2) is 0 Å². The molecule has 0 bridgehead atoms. The van der Waals surface area contributed by atoms with Gasteiger partial charge in [-0.05, 0) is 43.5 Å². The first kappa shape index (κ1) is 16.0. The van der Waals surface area contributed by atoms with Gasteiger partial charge in [0.15, 0.2) is 0 Å². The monoisotopic (exact) mass is 352 g/mol. The number of halogens is 1. The number of unbranched alkanes of at least 4 members (excludes halogenated alkanes) is 1. The fraction of sp³-hybridized carbons (Fsp3) is 0.500. The van der Waals surface area contributed by atoms with E-state index in [2.05, 4.69) is 33.5 Å². The predicted octanol–water partition coefficient (Wildman–Crippen LogP) is 3.25. The van der Waals surface area contributed by atoms with Gasteiger partial charge in [0.05, 0.1) is 11.8 Å². The van der Waals surface area contributed by atoms with Crippen LogP contribution in [0, 0.1) is 18.8 Å². The van der Waals surface area contributed by atoms with Crippen LogP contribution in [0.3, 0.4) is 0 Å². The van der Waals surface area contributed by atoms with Gasteiger partial charge in [-0.15, -0.1) is 0 Å². The van der Waals surface area contributed by atoms with Crippen molar-refractivity contribution in [3.63, 3.8) is 0 Å². The molecule has 2 N–H and O–H groups in total. The van der Waals surface area contributed by atoms with E-state index >= 15 is 0 Å². The summed E-state index contributed by atoms with van der Waals surface area (Å²) in [5.74, 6) is -0.389. The van der Waals surface area contributed by atoms with Crippen molar-refractivity contribution >= 4 is 33.4 Å². The van der Waals surface area contributed by atoms with Crippen LogP contribution in [-0.2, 0) is 9.59 Å². The van der Waals surface area contributed by atoms with Gasteiger partial charge in [0.25, 0.3) is 0 Å². The lowest BCUT2D eigenvalue weighted by atomic mass is 10.2. The van der Waals surface area contributed by atoms with Crippen LogP contribution in [0.1, 0.15) is 31.7 Å². The summed E-state index contributed by atoms with van der Waals surface area (Å²) < 4.78 is 0.984. The largest absolute Gasteiger partial charge is 0.356 e. The quantitative estimate of drug-likeness (QED) is 0.772. The highest BCUT2D eigenvalue weighted by atomic mass is 79.9. The molecule has 114 valence electrons. The van der Waals surface area contributed by atoms with Crippen molar-refractivity contribution in [2.75, 3.05) is 11.9 Å². The number of amides is 2. The standard InChI is InChI=1S/C16H21BrN2O2/c1-3-4-7-18-15(20)12-9-13(12)16(21)19-14-6-5-11(17)8-10(14)2/h5-6,8,12-13H,3-4,7,9H2,1-2H3,(H,18,20)(H,19,21). The first-order chi connectivity index (χ1) is 10.0. The number of benzene rings is 1. The Kier molecular flexibility index (Phi) is 5.39. The molecule has 0 aromatic heterocycles. The zero-order valence-corrected chi connectivity index (χ0v) is 14.0. The highest BCUT2D eigenvalue weighted by Crippen LogP contribution is 2.39. The minimum absolute atomic E-state index is 0.0103. The second-order valence-corrected chi connectivity index (χ2v) is 6.46. The average molecular weight is 353 g/mol. The van der Waals surface area contributed by atoms with E-state index in [0.717, 1.165) is 28.6 Å². The van der Waals surface area contributed by atoms with Crippen molar-refractivity contribution in [2.24, 2.45) is 11.8 Å².